The maximum atomic E-state index is 12.3. The lowest BCUT2D eigenvalue weighted by Gasteiger charge is -2.13. The van der Waals surface area contributed by atoms with Crippen LogP contribution in [0.5, 0.6) is 0 Å². The molecule has 1 aliphatic carbocycles. The first kappa shape index (κ1) is 18.9. The molecule has 8 heteroatoms. The van der Waals surface area contributed by atoms with Crippen molar-refractivity contribution < 1.29 is 23.2 Å². The third-order valence-corrected chi connectivity index (χ3v) is 4.52. The van der Waals surface area contributed by atoms with E-state index < -0.39 is 0 Å². The van der Waals surface area contributed by atoms with Crippen LogP contribution < -0.4 is 10.7 Å². The molecule has 0 saturated heterocycles. The molecule has 8 nitrogen and oxygen atoms in total. The Kier molecular flexibility index (Phi) is 5.75. The summed E-state index contributed by atoms with van der Waals surface area (Å²) in [5.41, 5.74) is 5.26. The summed E-state index contributed by atoms with van der Waals surface area (Å²) in [7, 11) is 1.57. The molecule has 0 bridgehead atoms. The summed E-state index contributed by atoms with van der Waals surface area (Å²) in [6.07, 6.45) is 3.73. The average molecular weight is 373 g/mol. The lowest BCUT2D eigenvalue weighted by atomic mass is 9.93. The monoisotopic (exact) mass is 373 g/mol. The van der Waals surface area contributed by atoms with Gasteiger partial charge in [0.15, 0.2) is 5.76 Å². The van der Waals surface area contributed by atoms with Gasteiger partial charge in [-0.25, -0.2) is 5.43 Å². The minimum Gasteiger partial charge on any atom is -0.469 e. The highest BCUT2D eigenvalue weighted by molar-refractivity contribution is 6.07. The summed E-state index contributed by atoms with van der Waals surface area (Å²) in [4.78, 5) is 24.6. The Morgan fingerprint density at radius 2 is 2.07 bits per heavy atom. The molecule has 0 aliphatic heterocycles. The van der Waals surface area contributed by atoms with E-state index >= 15 is 0 Å². The van der Waals surface area contributed by atoms with E-state index in [1.54, 1.807) is 20.1 Å². The van der Waals surface area contributed by atoms with Gasteiger partial charge in [0.05, 0.1) is 24.1 Å². The third-order valence-electron chi connectivity index (χ3n) is 4.52. The lowest BCUT2D eigenvalue weighted by Crippen LogP contribution is -2.27. The Balaban J connectivity index is 1.80. The number of amides is 2. The highest BCUT2D eigenvalue weighted by atomic mass is 16.5. The number of rotatable bonds is 6. The van der Waals surface area contributed by atoms with Gasteiger partial charge in [0.1, 0.15) is 11.5 Å². The van der Waals surface area contributed by atoms with Gasteiger partial charge in [-0.15, -0.1) is 0 Å². The quantitative estimate of drug-likeness (QED) is 0.597. The predicted octanol–water partition coefficient (Wildman–Crippen LogP) is 2.34. The molecule has 0 spiro atoms. The fourth-order valence-corrected chi connectivity index (χ4v) is 3.14. The molecule has 3 rings (SSSR count). The van der Waals surface area contributed by atoms with Crippen LogP contribution in [0.3, 0.4) is 0 Å². The van der Waals surface area contributed by atoms with E-state index in [1.807, 2.05) is 6.92 Å². The molecule has 0 fully saturated rings. The Bertz CT molecular complexity index is 878. The Morgan fingerprint density at radius 1 is 1.26 bits per heavy atom. The van der Waals surface area contributed by atoms with E-state index in [0.717, 1.165) is 29.7 Å². The Hall–Kier alpha value is -2.87. The molecule has 2 aromatic rings. The second-order valence-electron chi connectivity index (χ2n) is 6.35. The number of hydrogen-bond acceptors (Lipinski definition) is 6. The van der Waals surface area contributed by atoms with E-state index in [2.05, 4.69) is 15.8 Å². The fourth-order valence-electron chi connectivity index (χ4n) is 3.14. The number of aryl methyl sites for hydroxylation is 2. The summed E-state index contributed by atoms with van der Waals surface area (Å²) in [6.45, 7) is 4.38. The maximum Gasteiger partial charge on any atom is 0.287 e. The first-order chi connectivity index (χ1) is 13.0. The molecule has 0 aromatic carbocycles. The topological polar surface area (TPSA) is 106 Å². The molecular weight excluding hydrogens is 350 g/mol. The van der Waals surface area contributed by atoms with E-state index in [0.29, 0.717) is 36.6 Å². The van der Waals surface area contributed by atoms with Crippen LogP contribution in [0.25, 0.3) is 0 Å². The van der Waals surface area contributed by atoms with Gasteiger partial charge < -0.3 is 18.9 Å². The highest BCUT2D eigenvalue weighted by Crippen LogP contribution is 2.29. The van der Waals surface area contributed by atoms with Crippen molar-refractivity contribution in [2.24, 2.45) is 5.10 Å². The van der Waals surface area contributed by atoms with Crippen molar-refractivity contribution in [3.63, 3.8) is 0 Å². The first-order valence-corrected chi connectivity index (χ1v) is 8.83. The zero-order valence-electron chi connectivity index (χ0n) is 15.7. The molecule has 2 N–H and O–H groups in total. The van der Waals surface area contributed by atoms with Gasteiger partial charge in [0.2, 0.25) is 0 Å². The molecule has 0 atom stereocenters. The largest absolute Gasteiger partial charge is 0.469 e. The second-order valence-corrected chi connectivity index (χ2v) is 6.35. The molecular formula is C19H23N3O5. The maximum absolute atomic E-state index is 12.3. The normalized spacial score (nSPS) is 14.9. The number of hydrazone groups is 1. The summed E-state index contributed by atoms with van der Waals surface area (Å²) >= 11 is 0. The van der Waals surface area contributed by atoms with Crippen LogP contribution in [0.2, 0.25) is 0 Å². The summed E-state index contributed by atoms with van der Waals surface area (Å²) in [6, 6.07) is 1.60. The molecule has 27 heavy (non-hydrogen) atoms. The third kappa shape index (κ3) is 3.95. The van der Waals surface area contributed by atoms with Gasteiger partial charge >= 0.3 is 0 Å². The number of carbonyl (C=O) groups is 2. The van der Waals surface area contributed by atoms with E-state index in [4.69, 9.17) is 13.6 Å². The van der Waals surface area contributed by atoms with Crippen LogP contribution in [-0.4, -0.2) is 37.8 Å². The van der Waals surface area contributed by atoms with Gasteiger partial charge in [-0.05, 0) is 32.8 Å². The standard InChI is InChI=1S/C19H23N3O5/c1-11-16-14(21-22-18(23)13-7-9-26-12(13)2)5-4-6-15(16)27-17(11)19(24)20-8-10-25-3/h7,9H,4-6,8,10H2,1-3H3,(H,20,24)(H,22,23)/b21-14+. The van der Waals surface area contributed by atoms with Crippen molar-refractivity contribution in [3.8, 4) is 0 Å². The van der Waals surface area contributed by atoms with Crippen LogP contribution >= 0.6 is 0 Å². The van der Waals surface area contributed by atoms with Crippen molar-refractivity contribution in [2.75, 3.05) is 20.3 Å². The van der Waals surface area contributed by atoms with Gasteiger partial charge in [-0.2, -0.15) is 5.10 Å². The number of methoxy groups -OCH3 is 1. The van der Waals surface area contributed by atoms with Crippen LogP contribution in [-0.2, 0) is 11.2 Å². The van der Waals surface area contributed by atoms with E-state index in [1.165, 1.54) is 6.26 Å². The molecule has 1 aliphatic rings. The zero-order valence-corrected chi connectivity index (χ0v) is 15.7. The smallest absolute Gasteiger partial charge is 0.287 e. The number of carbonyl (C=O) groups excluding carboxylic acids is 2. The molecule has 2 heterocycles. The lowest BCUT2D eigenvalue weighted by molar-refractivity contribution is 0.0905. The molecule has 2 amide bonds. The number of hydrogen-bond donors (Lipinski definition) is 2. The minimum atomic E-state index is -0.334. The molecule has 2 aromatic heterocycles. The van der Waals surface area contributed by atoms with Crippen molar-refractivity contribution in [2.45, 2.75) is 33.1 Å². The van der Waals surface area contributed by atoms with E-state index in [-0.39, 0.29) is 17.6 Å². The van der Waals surface area contributed by atoms with Crippen LogP contribution in [0.1, 0.15) is 56.4 Å². The number of nitrogens with one attached hydrogen (secondary N) is 2. The van der Waals surface area contributed by atoms with Crippen molar-refractivity contribution in [3.05, 3.63) is 46.3 Å². The average Bonchev–Trinajstić information content (AvgIpc) is 3.23. The summed E-state index contributed by atoms with van der Waals surface area (Å²) < 4.78 is 15.9. The van der Waals surface area contributed by atoms with Crippen LogP contribution in [0.4, 0.5) is 0 Å². The summed E-state index contributed by atoms with van der Waals surface area (Å²) in [5.74, 6) is 0.924. The summed E-state index contributed by atoms with van der Waals surface area (Å²) in [5, 5.41) is 7.06. The SMILES string of the molecule is COCCNC(=O)c1oc2c(c1C)/C(=N/NC(=O)c1ccoc1C)CCC2. The molecule has 0 saturated carbocycles. The Morgan fingerprint density at radius 3 is 2.78 bits per heavy atom. The van der Waals surface area contributed by atoms with Gasteiger partial charge in [0, 0.05) is 31.2 Å². The van der Waals surface area contributed by atoms with Gasteiger partial charge in [-0.3, -0.25) is 9.59 Å². The second kappa shape index (κ2) is 8.22. The number of nitrogens with zero attached hydrogens (tertiary/aromatic N) is 1. The van der Waals surface area contributed by atoms with Gasteiger partial charge in [0.25, 0.3) is 11.8 Å². The van der Waals surface area contributed by atoms with Crippen molar-refractivity contribution in [1.29, 1.82) is 0 Å². The van der Waals surface area contributed by atoms with E-state index in [9.17, 15) is 9.59 Å². The number of fused-ring (bicyclic) bond motifs is 1. The van der Waals surface area contributed by atoms with Crippen LogP contribution in [0, 0.1) is 13.8 Å². The van der Waals surface area contributed by atoms with Gasteiger partial charge in [-0.1, -0.05) is 0 Å². The van der Waals surface area contributed by atoms with Crippen LogP contribution in [0.15, 0.2) is 26.3 Å². The highest BCUT2D eigenvalue weighted by Gasteiger charge is 2.28. The first-order valence-electron chi connectivity index (χ1n) is 8.83. The fraction of sp³-hybridized carbons (Fsp3) is 0.421. The Labute approximate surface area is 156 Å². The van der Waals surface area contributed by atoms with Crippen molar-refractivity contribution in [1.82, 2.24) is 10.7 Å². The zero-order chi connectivity index (χ0) is 19.4. The molecule has 0 radical (unpaired) electrons. The molecule has 0 unspecified atom stereocenters. The number of ether oxygens (including phenoxy) is 1. The molecule has 144 valence electrons. The minimum absolute atomic E-state index is 0.280. The number of furan rings is 2. The predicted molar refractivity (Wildman–Crippen MR) is 98.0 cm³/mol. The van der Waals surface area contributed by atoms with Crippen molar-refractivity contribution >= 4 is 17.5 Å².